The van der Waals surface area contributed by atoms with Crippen molar-refractivity contribution in [2.45, 2.75) is 12.5 Å². The number of benzene rings is 1. The van der Waals surface area contributed by atoms with E-state index in [9.17, 15) is 0 Å². The van der Waals surface area contributed by atoms with Gasteiger partial charge in [0.2, 0.25) is 0 Å². The van der Waals surface area contributed by atoms with Crippen LogP contribution in [0.1, 0.15) is 18.0 Å². The Morgan fingerprint density at radius 2 is 2.18 bits per heavy atom. The number of aromatic nitrogens is 1. The zero-order valence-electron chi connectivity index (χ0n) is 10.3. The average molecular weight is 230 g/mol. The van der Waals surface area contributed by atoms with Crippen LogP contribution < -0.4 is 5.32 Å². The van der Waals surface area contributed by atoms with Crippen molar-refractivity contribution >= 4 is 10.9 Å². The minimum Gasteiger partial charge on any atom is -0.385 e. The first-order chi connectivity index (χ1) is 8.36. The van der Waals surface area contributed by atoms with E-state index in [0.717, 1.165) is 18.5 Å². The summed E-state index contributed by atoms with van der Waals surface area (Å²) in [6.07, 6.45) is 2.79. The predicted molar refractivity (Wildman–Crippen MR) is 70.0 cm³/mol. The molecule has 1 heterocycles. The number of fused-ring (bicyclic) bond motifs is 1. The van der Waals surface area contributed by atoms with Crippen LogP contribution in [0.3, 0.4) is 0 Å². The van der Waals surface area contributed by atoms with Gasteiger partial charge in [0.25, 0.3) is 0 Å². The lowest BCUT2D eigenvalue weighted by molar-refractivity contribution is 0.184. The summed E-state index contributed by atoms with van der Waals surface area (Å²) in [5.74, 6) is 0. The maximum Gasteiger partial charge on any atom is 0.0705 e. The Hall–Kier alpha value is -1.45. The molecule has 3 heteroatoms. The van der Waals surface area contributed by atoms with Crippen molar-refractivity contribution in [1.29, 1.82) is 0 Å². The number of pyridine rings is 1. The fourth-order valence-corrected chi connectivity index (χ4v) is 2.12. The van der Waals surface area contributed by atoms with Gasteiger partial charge in [0.1, 0.15) is 0 Å². The van der Waals surface area contributed by atoms with E-state index in [1.165, 1.54) is 10.9 Å². The first-order valence-corrected chi connectivity index (χ1v) is 5.86. The first-order valence-electron chi connectivity index (χ1n) is 5.86. The highest BCUT2D eigenvalue weighted by Crippen LogP contribution is 2.24. The van der Waals surface area contributed by atoms with Crippen LogP contribution >= 0.6 is 0 Å². The molecule has 0 fully saturated rings. The predicted octanol–water partition coefficient (Wildman–Crippen LogP) is 2.53. The van der Waals surface area contributed by atoms with E-state index in [2.05, 4.69) is 28.5 Å². The maximum atomic E-state index is 5.15. The van der Waals surface area contributed by atoms with Crippen molar-refractivity contribution in [2.24, 2.45) is 0 Å². The minimum absolute atomic E-state index is 0.308. The van der Waals surface area contributed by atoms with Gasteiger partial charge in [-0.15, -0.1) is 0 Å². The molecule has 0 bridgehead atoms. The molecule has 90 valence electrons. The minimum atomic E-state index is 0.308. The molecular weight excluding hydrogens is 212 g/mol. The number of ether oxygens (including phenoxy) is 1. The van der Waals surface area contributed by atoms with Gasteiger partial charge in [-0.2, -0.15) is 0 Å². The van der Waals surface area contributed by atoms with Gasteiger partial charge in [0, 0.05) is 31.3 Å². The van der Waals surface area contributed by atoms with E-state index in [1.54, 1.807) is 7.11 Å². The molecule has 1 atom stereocenters. The van der Waals surface area contributed by atoms with Crippen molar-refractivity contribution in [2.75, 3.05) is 20.8 Å². The third-order valence-electron chi connectivity index (χ3n) is 3.01. The molecule has 1 aromatic heterocycles. The van der Waals surface area contributed by atoms with E-state index >= 15 is 0 Å². The third-order valence-corrected chi connectivity index (χ3v) is 3.01. The molecule has 1 aromatic carbocycles. The lowest BCUT2D eigenvalue weighted by atomic mass is 9.99. The lowest BCUT2D eigenvalue weighted by Crippen LogP contribution is -2.18. The molecule has 0 amide bonds. The summed E-state index contributed by atoms with van der Waals surface area (Å²) in [6.45, 7) is 0.752. The van der Waals surface area contributed by atoms with Gasteiger partial charge in [-0.05, 0) is 31.2 Å². The Labute approximate surface area is 102 Å². The van der Waals surface area contributed by atoms with E-state index in [-0.39, 0.29) is 0 Å². The van der Waals surface area contributed by atoms with Crippen molar-refractivity contribution in [1.82, 2.24) is 10.3 Å². The number of nitrogens with one attached hydrogen (secondary N) is 1. The Balaban J connectivity index is 2.38. The summed E-state index contributed by atoms with van der Waals surface area (Å²) in [4.78, 5) is 4.38. The molecule has 3 nitrogen and oxygen atoms in total. The third kappa shape index (κ3) is 2.62. The van der Waals surface area contributed by atoms with Crippen LogP contribution in [0.2, 0.25) is 0 Å². The van der Waals surface area contributed by atoms with Crippen LogP contribution in [0, 0.1) is 0 Å². The van der Waals surface area contributed by atoms with Crippen LogP contribution in [0.25, 0.3) is 10.9 Å². The van der Waals surface area contributed by atoms with E-state index in [4.69, 9.17) is 4.74 Å². The quantitative estimate of drug-likeness (QED) is 0.857. The summed E-state index contributed by atoms with van der Waals surface area (Å²) in [5.41, 5.74) is 2.33. The number of methoxy groups -OCH3 is 1. The van der Waals surface area contributed by atoms with Gasteiger partial charge in [0.05, 0.1) is 5.52 Å². The molecule has 0 saturated carbocycles. The Morgan fingerprint density at radius 3 is 2.94 bits per heavy atom. The highest BCUT2D eigenvalue weighted by Gasteiger charge is 2.11. The number of hydrogen-bond acceptors (Lipinski definition) is 3. The monoisotopic (exact) mass is 230 g/mol. The average Bonchev–Trinajstić information content (AvgIpc) is 2.40. The first kappa shape index (κ1) is 12.0. The zero-order valence-corrected chi connectivity index (χ0v) is 10.3. The van der Waals surface area contributed by atoms with Gasteiger partial charge in [-0.3, -0.25) is 4.98 Å². The Morgan fingerprint density at radius 1 is 1.29 bits per heavy atom. The highest BCUT2D eigenvalue weighted by atomic mass is 16.5. The summed E-state index contributed by atoms with van der Waals surface area (Å²) in [5, 5.41) is 4.55. The largest absolute Gasteiger partial charge is 0.385 e. The molecule has 0 aliphatic heterocycles. The molecule has 0 aliphatic carbocycles. The molecule has 0 spiro atoms. The standard InChI is InChI=1S/C14H18N2O/c1-15-13(8-10-17-2)11-5-3-7-14-12(11)6-4-9-16-14/h3-7,9,13,15H,8,10H2,1-2H3. The maximum absolute atomic E-state index is 5.15. The van der Waals surface area contributed by atoms with Gasteiger partial charge >= 0.3 is 0 Å². The molecule has 0 radical (unpaired) electrons. The molecule has 1 unspecified atom stereocenters. The number of rotatable bonds is 5. The van der Waals surface area contributed by atoms with E-state index in [1.807, 2.05) is 25.4 Å². The van der Waals surface area contributed by atoms with Crippen LogP contribution in [-0.2, 0) is 4.74 Å². The van der Waals surface area contributed by atoms with Crippen molar-refractivity contribution in [3.63, 3.8) is 0 Å². The normalized spacial score (nSPS) is 12.8. The van der Waals surface area contributed by atoms with Gasteiger partial charge in [-0.1, -0.05) is 18.2 Å². The van der Waals surface area contributed by atoms with Crippen molar-refractivity contribution in [3.8, 4) is 0 Å². The van der Waals surface area contributed by atoms with Crippen LogP contribution in [-0.4, -0.2) is 25.7 Å². The van der Waals surface area contributed by atoms with E-state index < -0.39 is 0 Å². The van der Waals surface area contributed by atoms with Crippen LogP contribution in [0.4, 0.5) is 0 Å². The van der Waals surface area contributed by atoms with Crippen molar-refractivity contribution < 1.29 is 4.74 Å². The number of nitrogens with zero attached hydrogens (tertiary/aromatic N) is 1. The van der Waals surface area contributed by atoms with Gasteiger partial charge in [0.15, 0.2) is 0 Å². The molecule has 1 N–H and O–H groups in total. The second kappa shape index (κ2) is 5.75. The topological polar surface area (TPSA) is 34.1 Å². The molecular formula is C14H18N2O. The molecule has 0 saturated heterocycles. The van der Waals surface area contributed by atoms with Crippen LogP contribution in [0.15, 0.2) is 36.5 Å². The second-order valence-electron chi connectivity index (χ2n) is 4.04. The Bertz CT molecular complexity index is 479. The molecule has 0 aliphatic rings. The van der Waals surface area contributed by atoms with Crippen molar-refractivity contribution in [3.05, 3.63) is 42.1 Å². The molecule has 17 heavy (non-hydrogen) atoms. The molecule has 2 rings (SSSR count). The summed E-state index contributed by atoms with van der Waals surface area (Å²) in [7, 11) is 3.72. The summed E-state index contributed by atoms with van der Waals surface area (Å²) < 4.78 is 5.15. The zero-order chi connectivity index (χ0) is 12.1. The lowest BCUT2D eigenvalue weighted by Gasteiger charge is -2.18. The smallest absolute Gasteiger partial charge is 0.0705 e. The summed E-state index contributed by atoms with van der Waals surface area (Å²) >= 11 is 0. The van der Waals surface area contributed by atoms with Gasteiger partial charge < -0.3 is 10.1 Å². The van der Waals surface area contributed by atoms with Crippen LogP contribution in [0.5, 0.6) is 0 Å². The fraction of sp³-hybridized carbons (Fsp3) is 0.357. The fourth-order valence-electron chi connectivity index (χ4n) is 2.12. The SMILES string of the molecule is CNC(CCOC)c1cccc2ncccc12. The second-order valence-corrected chi connectivity index (χ2v) is 4.04. The van der Waals surface area contributed by atoms with E-state index in [0.29, 0.717) is 6.04 Å². The number of hydrogen-bond donors (Lipinski definition) is 1. The molecule has 2 aromatic rings. The van der Waals surface area contributed by atoms with Gasteiger partial charge in [-0.25, -0.2) is 0 Å². The highest BCUT2D eigenvalue weighted by molar-refractivity contribution is 5.82. The Kier molecular flexibility index (Phi) is 4.07. The summed E-state index contributed by atoms with van der Waals surface area (Å²) in [6, 6.07) is 10.7.